The Morgan fingerprint density at radius 3 is 2.36 bits per heavy atom. The van der Waals surface area contributed by atoms with Gasteiger partial charge in [-0.2, -0.15) is 14.7 Å². The number of imide groups is 1. The largest absolute Gasteiger partial charge is 0.379 e. The van der Waals surface area contributed by atoms with Gasteiger partial charge in [0.2, 0.25) is 10.0 Å². The van der Waals surface area contributed by atoms with E-state index in [2.05, 4.69) is 0 Å². The van der Waals surface area contributed by atoms with Crippen LogP contribution < -0.4 is 0 Å². The number of benzene rings is 2. The SMILES string of the molecule is CCCCN1C(=O)C(C#N)=C(C)/C(=C\c2cn(-c3ccccc3)nc2-c2ccc(S(=O)(=O)N3CCOCC3)cc2)C1=O. The Kier molecular flexibility index (Phi) is 8.49. The molecule has 216 valence electrons. The molecule has 0 spiro atoms. The van der Waals surface area contributed by atoms with Crippen molar-refractivity contribution in [3.8, 4) is 23.0 Å². The lowest BCUT2D eigenvalue weighted by Crippen LogP contribution is -2.43. The number of hydrogen-bond donors (Lipinski definition) is 0. The van der Waals surface area contributed by atoms with Crippen molar-refractivity contribution in [1.29, 1.82) is 5.26 Å². The van der Waals surface area contributed by atoms with Gasteiger partial charge in [-0.1, -0.05) is 43.7 Å². The van der Waals surface area contributed by atoms with Crippen molar-refractivity contribution in [2.75, 3.05) is 32.8 Å². The lowest BCUT2D eigenvalue weighted by Gasteiger charge is -2.27. The minimum atomic E-state index is -3.68. The number of hydrogen-bond acceptors (Lipinski definition) is 7. The van der Waals surface area contributed by atoms with Gasteiger partial charge < -0.3 is 4.74 Å². The van der Waals surface area contributed by atoms with Crippen molar-refractivity contribution in [3.05, 3.63) is 83.1 Å². The molecule has 2 amide bonds. The molecule has 1 aromatic heterocycles. The van der Waals surface area contributed by atoms with E-state index in [9.17, 15) is 23.3 Å². The van der Waals surface area contributed by atoms with E-state index >= 15 is 0 Å². The van der Waals surface area contributed by atoms with Crippen LogP contribution in [0.2, 0.25) is 0 Å². The maximum Gasteiger partial charge on any atom is 0.271 e. The zero-order valence-corrected chi connectivity index (χ0v) is 24.3. The maximum atomic E-state index is 13.5. The van der Waals surface area contributed by atoms with Gasteiger partial charge >= 0.3 is 0 Å². The van der Waals surface area contributed by atoms with E-state index in [1.165, 1.54) is 4.31 Å². The number of aromatic nitrogens is 2. The lowest BCUT2D eigenvalue weighted by molar-refractivity contribution is -0.140. The van der Waals surface area contributed by atoms with Crippen molar-refractivity contribution in [2.45, 2.75) is 31.6 Å². The number of amides is 2. The fourth-order valence-electron chi connectivity index (χ4n) is 4.96. The highest BCUT2D eigenvalue weighted by atomic mass is 32.2. The first-order chi connectivity index (χ1) is 20.3. The molecule has 3 heterocycles. The summed E-state index contributed by atoms with van der Waals surface area (Å²) >= 11 is 0. The summed E-state index contributed by atoms with van der Waals surface area (Å²) in [4.78, 5) is 27.7. The molecule has 2 aliphatic rings. The number of carbonyl (C=O) groups is 2. The zero-order valence-electron chi connectivity index (χ0n) is 23.5. The van der Waals surface area contributed by atoms with Gasteiger partial charge in [-0.3, -0.25) is 14.5 Å². The van der Waals surface area contributed by atoms with E-state index in [4.69, 9.17) is 9.84 Å². The minimum Gasteiger partial charge on any atom is -0.379 e. The first-order valence-electron chi connectivity index (χ1n) is 13.8. The summed E-state index contributed by atoms with van der Waals surface area (Å²) < 4.78 is 34.7. The third-order valence-corrected chi connectivity index (χ3v) is 9.27. The first kappa shape index (κ1) is 29.1. The van der Waals surface area contributed by atoms with E-state index in [1.54, 1.807) is 48.1 Å². The quantitative estimate of drug-likeness (QED) is 0.289. The van der Waals surface area contributed by atoms with Crippen LogP contribution in [0, 0.1) is 11.3 Å². The standard InChI is InChI=1S/C31H31N5O5S/c1-3-4-14-35-30(37)27(22(2)28(20-32)31(35)38)19-24-21-36(25-8-6-5-7-9-25)33-29(24)23-10-12-26(13-11-23)42(39,40)34-15-17-41-18-16-34/h5-13,19,21H,3-4,14-18H2,1-2H3/b27-19+. The number of para-hydroxylation sites is 1. The monoisotopic (exact) mass is 585 g/mol. The third kappa shape index (κ3) is 5.56. The normalized spacial score (nSPS) is 17.6. The van der Waals surface area contributed by atoms with Crippen molar-refractivity contribution < 1.29 is 22.7 Å². The van der Waals surface area contributed by atoms with Gasteiger partial charge in [-0.05, 0) is 49.3 Å². The van der Waals surface area contributed by atoms with Crippen LogP contribution in [-0.2, 0) is 24.3 Å². The van der Waals surface area contributed by atoms with Gasteiger partial charge in [-0.15, -0.1) is 0 Å². The van der Waals surface area contributed by atoms with Crippen LogP contribution >= 0.6 is 0 Å². The number of sulfonamides is 1. The summed E-state index contributed by atoms with van der Waals surface area (Å²) in [5, 5.41) is 14.5. The molecule has 2 aliphatic heterocycles. The van der Waals surface area contributed by atoms with Crippen molar-refractivity contribution in [1.82, 2.24) is 19.0 Å². The van der Waals surface area contributed by atoms with Crippen LogP contribution in [-0.4, -0.2) is 72.1 Å². The van der Waals surface area contributed by atoms with E-state index < -0.39 is 21.8 Å². The number of rotatable bonds is 8. The van der Waals surface area contributed by atoms with Crippen LogP contribution in [0.4, 0.5) is 0 Å². The zero-order chi connectivity index (χ0) is 29.9. The summed E-state index contributed by atoms with van der Waals surface area (Å²) in [7, 11) is -3.68. The fourth-order valence-corrected chi connectivity index (χ4v) is 6.36. The number of morpholine rings is 1. The molecule has 0 saturated carbocycles. The van der Waals surface area contributed by atoms with Gasteiger partial charge in [0.25, 0.3) is 11.8 Å². The highest BCUT2D eigenvalue weighted by Crippen LogP contribution is 2.32. The second-order valence-electron chi connectivity index (χ2n) is 10.0. The molecule has 3 aromatic rings. The summed E-state index contributed by atoms with van der Waals surface area (Å²) in [5.74, 6) is -1.04. The molecular weight excluding hydrogens is 554 g/mol. The second kappa shape index (κ2) is 12.2. The molecule has 2 aromatic carbocycles. The predicted octanol–water partition coefficient (Wildman–Crippen LogP) is 3.95. The van der Waals surface area contributed by atoms with Crippen LogP contribution in [0.5, 0.6) is 0 Å². The number of nitrogens with zero attached hydrogens (tertiary/aromatic N) is 5. The Morgan fingerprint density at radius 2 is 1.71 bits per heavy atom. The van der Waals surface area contributed by atoms with Crippen LogP contribution in [0.1, 0.15) is 32.3 Å². The second-order valence-corrected chi connectivity index (χ2v) is 12.0. The number of ether oxygens (including phenoxy) is 1. The molecule has 42 heavy (non-hydrogen) atoms. The Morgan fingerprint density at radius 1 is 1.02 bits per heavy atom. The predicted molar refractivity (Wildman–Crippen MR) is 156 cm³/mol. The number of nitriles is 1. The van der Waals surface area contributed by atoms with Gasteiger partial charge in [0.05, 0.1) is 29.5 Å². The molecule has 0 unspecified atom stereocenters. The molecule has 10 nitrogen and oxygen atoms in total. The lowest BCUT2D eigenvalue weighted by atomic mass is 9.93. The molecule has 0 atom stereocenters. The van der Waals surface area contributed by atoms with E-state index in [-0.39, 0.29) is 22.6 Å². The van der Waals surface area contributed by atoms with E-state index in [1.807, 2.05) is 43.3 Å². The number of unbranched alkanes of at least 4 members (excludes halogenated alkanes) is 1. The van der Waals surface area contributed by atoms with E-state index in [0.29, 0.717) is 55.1 Å². The molecule has 0 N–H and O–H groups in total. The maximum absolute atomic E-state index is 13.5. The third-order valence-electron chi connectivity index (χ3n) is 7.36. The molecule has 0 radical (unpaired) electrons. The molecule has 1 saturated heterocycles. The van der Waals surface area contributed by atoms with Gasteiger partial charge in [0.15, 0.2) is 0 Å². The van der Waals surface area contributed by atoms with Crippen molar-refractivity contribution in [2.24, 2.45) is 0 Å². The summed E-state index contributed by atoms with van der Waals surface area (Å²) in [6.45, 7) is 5.09. The molecular formula is C31H31N5O5S. The average Bonchev–Trinajstić information content (AvgIpc) is 3.44. The molecule has 0 bridgehead atoms. The van der Waals surface area contributed by atoms with Gasteiger partial charge in [0, 0.05) is 42.5 Å². The molecule has 1 fully saturated rings. The first-order valence-corrected chi connectivity index (χ1v) is 15.2. The van der Waals surface area contributed by atoms with Crippen LogP contribution in [0.3, 0.4) is 0 Å². The van der Waals surface area contributed by atoms with Gasteiger partial charge in [0.1, 0.15) is 11.6 Å². The Labute approximate surface area is 245 Å². The Bertz CT molecular complexity index is 1710. The fraction of sp³-hybridized carbons (Fsp3) is 0.290. The Hall–Kier alpha value is -4.37. The highest BCUT2D eigenvalue weighted by molar-refractivity contribution is 7.89. The van der Waals surface area contributed by atoms with Crippen molar-refractivity contribution in [3.63, 3.8) is 0 Å². The highest BCUT2D eigenvalue weighted by Gasteiger charge is 2.35. The topological polar surface area (TPSA) is 126 Å². The summed E-state index contributed by atoms with van der Waals surface area (Å²) in [5.41, 5.74) is 3.00. The molecule has 0 aliphatic carbocycles. The molecule has 11 heteroatoms. The number of carbonyl (C=O) groups excluding carboxylic acids is 2. The van der Waals surface area contributed by atoms with Crippen LogP contribution in [0.15, 0.2) is 82.4 Å². The molecule has 5 rings (SSSR count). The summed E-state index contributed by atoms with van der Waals surface area (Å²) in [6, 6.07) is 17.9. The summed E-state index contributed by atoms with van der Waals surface area (Å²) in [6.07, 6.45) is 4.83. The van der Waals surface area contributed by atoms with Crippen molar-refractivity contribution >= 4 is 27.9 Å². The van der Waals surface area contributed by atoms with Crippen LogP contribution in [0.25, 0.3) is 23.0 Å². The Balaban J connectivity index is 1.60. The van der Waals surface area contributed by atoms with Gasteiger partial charge in [-0.25, -0.2) is 13.1 Å². The van der Waals surface area contributed by atoms with E-state index in [0.717, 1.165) is 17.0 Å². The smallest absolute Gasteiger partial charge is 0.271 e. The minimum absolute atomic E-state index is 0.0633. The average molecular weight is 586 g/mol.